The lowest BCUT2D eigenvalue weighted by Gasteiger charge is -2.11. The van der Waals surface area contributed by atoms with Gasteiger partial charge in [-0.15, -0.1) is 10.2 Å². The SMILES string of the molecule is CCn1c(SCCC(C)=O)nnc1-c1cc(-c2ccccc2)nc2ccccc12. The van der Waals surface area contributed by atoms with Crippen molar-refractivity contribution in [1.29, 1.82) is 0 Å². The van der Waals surface area contributed by atoms with Gasteiger partial charge in [0.2, 0.25) is 0 Å². The maximum atomic E-state index is 11.3. The topological polar surface area (TPSA) is 60.7 Å². The third kappa shape index (κ3) is 4.07. The molecule has 4 rings (SSSR count). The van der Waals surface area contributed by atoms with Crippen LogP contribution in [0.2, 0.25) is 0 Å². The highest BCUT2D eigenvalue weighted by Crippen LogP contribution is 2.33. The van der Waals surface area contributed by atoms with Gasteiger partial charge in [0.15, 0.2) is 11.0 Å². The number of aromatic nitrogens is 4. The highest BCUT2D eigenvalue weighted by molar-refractivity contribution is 7.99. The fourth-order valence-electron chi connectivity index (χ4n) is 3.28. The summed E-state index contributed by atoms with van der Waals surface area (Å²) in [6.07, 6.45) is 0.535. The van der Waals surface area contributed by atoms with E-state index in [0.717, 1.165) is 45.2 Å². The molecule has 0 saturated heterocycles. The van der Waals surface area contributed by atoms with Crippen LogP contribution in [0.15, 0.2) is 65.8 Å². The largest absolute Gasteiger partial charge is 0.302 e. The zero-order valence-corrected chi connectivity index (χ0v) is 17.3. The van der Waals surface area contributed by atoms with Crippen molar-refractivity contribution >= 4 is 28.4 Å². The van der Waals surface area contributed by atoms with Crippen molar-refractivity contribution in [3.05, 3.63) is 60.7 Å². The van der Waals surface area contributed by atoms with Crippen LogP contribution in [0.5, 0.6) is 0 Å². The summed E-state index contributed by atoms with van der Waals surface area (Å²) in [7, 11) is 0. The lowest BCUT2D eigenvalue weighted by atomic mass is 10.0. The lowest BCUT2D eigenvalue weighted by molar-refractivity contribution is -0.116. The minimum atomic E-state index is 0.188. The van der Waals surface area contributed by atoms with Gasteiger partial charge in [-0.3, -0.25) is 4.79 Å². The monoisotopic (exact) mass is 402 g/mol. The first-order chi connectivity index (χ1) is 14.2. The van der Waals surface area contributed by atoms with Crippen molar-refractivity contribution < 1.29 is 4.79 Å². The minimum Gasteiger partial charge on any atom is -0.302 e. The van der Waals surface area contributed by atoms with Crippen molar-refractivity contribution in [3.8, 4) is 22.6 Å². The zero-order chi connectivity index (χ0) is 20.2. The molecule has 0 amide bonds. The smallest absolute Gasteiger partial charge is 0.191 e. The molecule has 29 heavy (non-hydrogen) atoms. The van der Waals surface area contributed by atoms with Gasteiger partial charge >= 0.3 is 0 Å². The predicted molar refractivity (Wildman–Crippen MR) is 118 cm³/mol. The number of ketones is 1. The molecule has 0 saturated carbocycles. The Bertz CT molecular complexity index is 1150. The van der Waals surface area contributed by atoms with Crippen LogP contribution in [0.3, 0.4) is 0 Å². The molecule has 2 heterocycles. The molecule has 2 aromatic carbocycles. The quantitative estimate of drug-likeness (QED) is 0.395. The van der Waals surface area contributed by atoms with E-state index < -0.39 is 0 Å². The van der Waals surface area contributed by atoms with Crippen molar-refractivity contribution in [2.75, 3.05) is 5.75 Å². The number of hydrogen-bond acceptors (Lipinski definition) is 5. The molecule has 0 aliphatic rings. The Kier molecular flexibility index (Phi) is 5.71. The van der Waals surface area contributed by atoms with Gasteiger partial charge in [-0.25, -0.2) is 4.98 Å². The normalized spacial score (nSPS) is 11.1. The number of nitrogens with zero attached hydrogens (tertiary/aromatic N) is 4. The molecule has 5 nitrogen and oxygen atoms in total. The number of Topliss-reactive ketones (excluding diaryl/α,β-unsaturated/α-hetero) is 1. The molecule has 0 radical (unpaired) electrons. The fraction of sp³-hybridized carbons (Fsp3) is 0.217. The molecule has 0 bridgehead atoms. The van der Waals surface area contributed by atoms with Gasteiger partial charge in [0.25, 0.3) is 0 Å². The average molecular weight is 403 g/mol. The number of rotatable bonds is 7. The summed E-state index contributed by atoms with van der Waals surface area (Å²) in [5.41, 5.74) is 3.93. The highest BCUT2D eigenvalue weighted by Gasteiger charge is 2.17. The Labute approximate surface area is 174 Å². The Morgan fingerprint density at radius 1 is 1.03 bits per heavy atom. The molecule has 0 unspecified atom stereocenters. The Morgan fingerprint density at radius 2 is 1.79 bits per heavy atom. The molecule has 146 valence electrons. The van der Waals surface area contributed by atoms with Crippen molar-refractivity contribution in [1.82, 2.24) is 19.7 Å². The van der Waals surface area contributed by atoms with Crippen LogP contribution in [0.25, 0.3) is 33.5 Å². The first-order valence-corrected chi connectivity index (χ1v) is 10.7. The molecule has 0 N–H and O–H groups in total. The van der Waals surface area contributed by atoms with E-state index in [2.05, 4.69) is 46.0 Å². The van der Waals surface area contributed by atoms with Crippen LogP contribution in [0, 0.1) is 0 Å². The molecule has 0 aliphatic heterocycles. The van der Waals surface area contributed by atoms with E-state index in [1.54, 1.807) is 18.7 Å². The van der Waals surface area contributed by atoms with Crippen LogP contribution in [0.4, 0.5) is 0 Å². The predicted octanol–water partition coefficient (Wildman–Crippen LogP) is 5.25. The number of carbonyl (C=O) groups is 1. The molecule has 0 atom stereocenters. The molecule has 6 heteroatoms. The second-order valence-electron chi connectivity index (χ2n) is 6.79. The minimum absolute atomic E-state index is 0.188. The number of pyridine rings is 1. The summed E-state index contributed by atoms with van der Waals surface area (Å²) >= 11 is 1.57. The van der Waals surface area contributed by atoms with E-state index >= 15 is 0 Å². The number of thioether (sulfide) groups is 1. The van der Waals surface area contributed by atoms with Crippen LogP contribution >= 0.6 is 11.8 Å². The third-order valence-corrected chi connectivity index (χ3v) is 5.71. The third-order valence-electron chi connectivity index (χ3n) is 4.74. The molecular weight excluding hydrogens is 380 g/mol. The van der Waals surface area contributed by atoms with Crippen LogP contribution < -0.4 is 0 Å². The molecule has 0 fully saturated rings. The summed E-state index contributed by atoms with van der Waals surface area (Å²) < 4.78 is 2.11. The van der Waals surface area contributed by atoms with E-state index in [0.29, 0.717) is 12.2 Å². The maximum absolute atomic E-state index is 11.3. The maximum Gasteiger partial charge on any atom is 0.191 e. The molecule has 0 aliphatic carbocycles. The van der Waals surface area contributed by atoms with E-state index in [1.165, 1.54) is 0 Å². The van der Waals surface area contributed by atoms with Crippen LogP contribution in [0.1, 0.15) is 20.3 Å². The van der Waals surface area contributed by atoms with Crippen LogP contribution in [-0.2, 0) is 11.3 Å². The molecular formula is C23H22N4OS. The number of para-hydroxylation sites is 1. The summed E-state index contributed by atoms with van der Waals surface area (Å²) in [6.45, 7) is 4.45. The first kappa shape index (κ1) is 19.3. The van der Waals surface area contributed by atoms with Gasteiger partial charge in [0.05, 0.1) is 11.2 Å². The molecule has 0 spiro atoms. The summed E-state index contributed by atoms with van der Waals surface area (Å²) in [5.74, 6) is 1.72. The van der Waals surface area contributed by atoms with E-state index in [4.69, 9.17) is 4.98 Å². The number of fused-ring (bicyclic) bond motifs is 1. The zero-order valence-electron chi connectivity index (χ0n) is 16.5. The van der Waals surface area contributed by atoms with Gasteiger partial charge in [0.1, 0.15) is 5.78 Å². The Morgan fingerprint density at radius 3 is 2.55 bits per heavy atom. The van der Waals surface area contributed by atoms with Crippen LogP contribution in [-0.4, -0.2) is 31.3 Å². The summed E-state index contributed by atoms with van der Waals surface area (Å²) in [5, 5.41) is 10.8. The fourth-order valence-corrected chi connectivity index (χ4v) is 4.33. The molecule has 2 aromatic heterocycles. The number of benzene rings is 2. The summed E-state index contributed by atoms with van der Waals surface area (Å²) in [4.78, 5) is 16.1. The van der Waals surface area contributed by atoms with Crippen molar-refractivity contribution in [2.45, 2.75) is 32.0 Å². The Balaban J connectivity index is 1.83. The first-order valence-electron chi connectivity index (χ1n) is 9.68. The Hall–Kier alpha value is -2.99. The van der Waals surface area contributed by atoms with Gasteiger partial charge in [-0.05, 0) is 26.0 Å². The van der Waals surface area contributed by atoms with Crippen molar-refractivity contribution in [3.63, 3.8) is 0 Å². The lowest BCUT2D eigenvalue weighted by Crippen LogP contribution is -2.02. The van der Waals surface area contributed by atoms with E-state index in [9.17, 15) is 4.79 Å². The second-order valence-corrected chi connectivity index (χ2v) is 7.85. The van der Waals surface area contributed by atoms with E-state index in [-0.39, 0.29) is 5.78 Å². The van der Waals surface area contributed by atoms with Gasteiger partial charge < -0.3 is 4.57 Å². The number of carbonyl (C=O) groups excluding carboxylic acids is 1. The second kappa shape index (κ2) is 8.57. The average Bonchev–Trinajstić information content (AvgIpc) is 3.16. The van der Waals surface area contributed by atoms with E-state index in [1.807, 2.05) is 36.4 Å². The standard InChI is InChI=1S/C23H22N4OS/c1-3-27-22(25-26-23(27)29-14-13-16(2)28)19-15-21(17-9-5-4-6-10-17)24-20-12-8-7-11-18(19)20/h4-12,15H,3,13-14H2,1-2H3. The van der Waals surface area contributed by atoms with Crippen molar-refractivity contribution in [2.24, 2.45) is 0 Å². The highest BCUT2D eigenvalue weighted by atomic mass is 32.2. The van der Waals surface area contributed by atoms with Gasteiger partial charge in [0, 0.05) is 35.2 Å². The summed E-state index contributed by atoms with van der Waals surface area (Å²) in [6, 6.07) is 20.4. The molecule has 4 aromatic rings. The van der Waals surface area contributed by atoms with Gasteiger partial charge in [-0.2, -0.15) is 0 Å². The number of hydrogen-bond donors (Lipinski definition) is 0. The van der Waals surface area contributed by atoms with Gasteiger partial charge in [-0.1, -0.05) is 60.3 Å².